The highest BCUT2D eigenvalue weighted by Crippen LogP contribution is 2.40. The number of hydrogen-bond acceptors (Lipinski definition) is 7. The summed E-state index contributed by atoms with van der Waals surface area (Å²) in [5.41, 5.74) is 4.29. The minimum Gasteiger partial charge on any atom is -0.506 e. The lowest BCUT2D eigenvalue weighted by atomic mass is 9.98. The minimum atomic E-state index is -0.594. The fraction of sp³-hybridized carbons (Fsp3) is 0.154. The van der Waals surface area contributed by atoms with E-state index in [1.807, 2.05) is 72.6 Å². The molecule has 3 heterocycles. The number of hydrogen-bond donors (Lipinski definition) is 2. The molecule has 0 amide bonds. The van der Waals surface area contributed by atoms with Gasteiger partial charge >= 0.3 is 0 Å². The first-order valence-corrected chi connectivity index (χ1v) is 11.8. The normalized spacial score (nSPS) is 11.2. The van der Waals surface area contributed by atoms with E-state index >= 15 is 0 Å². The number of nitrogens with zero attached hydrogens (tertiary/aromatic N) is 4. The molecule has 35 heavy (non-hydrogen) atoms. The topological polar surface area (TPSA) is 117 Å². The second-order valence-corrected chi connectivity index (χ2v) is 9.19. The largest absolute Gasteiger partial charge is 0.506 e. The number of benzene rings is 2. The molecule has 0 aliphatic rings. The second kappa shape index (κ2) is 8.74. The molecule has 174 valence electrons. The van der Waals surface area contributed by atoms with Crippen LogP contribution in [0.15, 0.2) is 58.8 Å². The van der Waals surface area contributed by atoms with Gasteiger partial charge in [0.1, 0.15) is 28.1 Å². The van der Waals surface area contributed by atoms with Crippen LogP contribution in [0.25, 0.3) is 43.7 Å². The third kappa shape index (κ3) is 3.84. The number of thiophene rings is 1. The number of pyridine rings is 1. The molecule has 0 spiro atoms. The van der Waals surface area contributed by atoms with Crippen LogP contribution in [0.4, 0.5) is 0 Å². The summed E-state index contributed by atoms with van der Waals surface area (Å²) in [6, 6.07) is 15.8. The Kier molecular flexibility index (Phi) is 5.59. The quantitative estimate of drug-likeness (QED) is 0.348. The summed E-state index contributed by atoms with van der Waals surface area (Å²) >= 11 is 1.31. The predicted octanol–water partition coefficient (Wildman–Crippen LogP) is 5.35. The number of nitrogens with one attached hydrogen (secondary N) is 1. The molecule has 8 nitrogen and oxygen atoms in total. The molecule has 2 N–H and O–H groups in total. The van der Waals surface area contributed by atoms with Crippen LogP contribution in [0, 0.1) is 11.3 Å². The van der Waals surface area contributed by atoms with Crippen LogP contribution >= 0.6 is 11.3 Å². The maximum absolute atomic E-state index is 12.0. The Labute approximate surface area is 204 Å². The Morgan fingerprint density at radius 2 is 1.80 bits per heavy atom. The Morgan fingerprint density at radius 1 is 1.11 bits per heavy atom. The highest BCUT2D eigenvalue weighted by atomic mass is 32.1. The van der Waals surface area contributed by atoms with Gasteiger partial charge in [0, 0.05) is 28.1 Å². The van der Waals surface area contributed by atoms with Crippen molar-refractivity contribution in [3.63, 3.8) is 0 Å². The van der Waals surface area contributed by atoms with E-state index < -0.39 is 5.56 Å². The molecule has 9 heteroatoms. The van der Waals surface area contributed by atoms with Crippen molar-refractivity contribution in [2.45, 2.75) is 19.9 Å². The van der Waals surface area contributed by atoms with Crippen LogP contribution in [-0.4, -0.2) is 32.2 Å². The molecule has 0 fully saturated rings. The van der Waals surface area contributed by atoms with Crippen molar-refractivity contribution in [2.24, 2.45) is 0 Å². The van der Waals surface area contributed by atoms with Crippen molar-refractivity contribution in [3.8, 4) is 51.1 Å². The summed E-state index contributed by atoms with van der Waals surface area (Å²) in [5, 5.41) is 30.6. The predicted molar refractivity (Wildman–Crippen MR) is 136 cm³/mol. The zero-order valence-electron chi connectivity index (χ0n) is 19.2. The lowest BCUT2D eigenvalue weighted by Gasteiger charge is -2.11. The van der Waals surface area contributed by atoms with Crippen molar-refractivity contribution < 1.29 is 9.84 Å². The zero-order chi connectivity index (χ0) is 24.7. The first kappa shape index (κ1) is 22.4. The van der Waals surface area contributed by atoms with Gasteiger partial charge in [0.2, 0.25) is 0 Å². The number of aromatic nitrogens is 4. The average molecular weight is 484 g/mol. The van der Waals surface area contributed by atoms with E-state index in [1.165, 1.54) is 11.3 Å². The monoisotopic (exact) mass is 483 g/mol. The van der Waals surface area contributed by atoms with Crippen LogP contribution in [0.2, 0.25) is 0 Å². The van der Waals surface area contributed by atoms with Crippen LogP contribution in [0.3, 0.4) is 0 Å². The van der Waals surface area contributed by atoms with Crippen molar-refractivity contribution in [3.05, 3.63) is 70.0 Å². The van der Waals surface area contributed by atoms with Gasteiger partial charge in [0.05, 0.1) is 18.7 Å². The molecule has 0 bridgehead atoms. The highest BCUT2D eigenvalue weighted by Gasteiger charge is 2.18. The van der Waals surface area contributed by atoms with Crippen molar-refractivity contribution in [1.29, 1.82) is 5.26 Å². The summed E-state index contributed by atoms with van der Waals surface area (Å²) in [6.07, 6.45) is 1.92. The van der Waals surface area contributed by atoms with Gasteiger partial charge in [-0.25, -0.2) is 4.68 Å². The molecule has 5 aromatic rings. The molecule has 0 saturated heterocycles. The van der Waals surface area contributed by atoms with Crippen LogP contribution < -0.4 is 10.3 Å². The summed E-state index contributed by atoms with van der Waals surface area (Å²) in [5.74, 6) is 0.419. The summed E-state index contributed by atoms with van der Waals surface area (Å²) in [4.78, 5) is 15.2. The van der Waals surface area contributed by atoms with Crippen molar-refractivity contribution >= 4 is 21.6 Å². The second-order valence-electron chi connectivity index (χ2n) is 8.31. The number of fused-ring (bicyclic) bond motifs is 1. The van der Waals surface area contributed by atoms with Gasteiger partial charge in [0.15, 0.2) is 5.56 Å². The van der Waals surface area contributed by atoms with E-state index in [1.54, 1.807) is 13.2 Å². The van der Waals surface area contributed by atoms with E-state index in [-0.39, 0.29) is 17.4 Å². The van der Waals surface area contributed by atoms with Crippen LogP contribution in [-0.2, 0) is 0 Å². The smallest absolute Gasteiger partial charge is 0.270 e. The molecular formula is C26H21N5O3S. The lowest BCUT2D eigenvalue weighted by molar-refractivity contribution is 0.416. The number of aromatic amines is 1. The minimum absolute atomic E-state index is 0.227. The number of ether oxygens (including phenoxy) is 1. The Balaban J connectivity index is 1.52. The zero-order valence-corrected chi connectivity index (χ0v) is 20.1. The molecule has 0 atom stereocenters. The first-order valence-electron chi connectivity index (χ1n) is 10.9. The lowest BCUT2D eigenvalue weighted by Crippen LogP contribution is -2.09. The molecule has 5 rings (SSSR count). The summed E-state index contributed by atoms with van der Waals surface area (Å²) in [6.45, 7) is 4.10. The molecule has 0 aliphatic heterocycles. The maximum atomic E-state index is 12.0. The Bertz CT molecular complexity index is 1660. The first-order chi connectivity index (χ1) is 16.9. The number of nitriles is 1. The van der Waals surface area contributed by atoms with E-state index in [4.69, 9.17) is 4.74 Å². The van der Waals surface area contributed by atoms with Gasteiger partial charge in [-0.05, 0) is 37.1 Å². The van der Waals surface area contributed by atoms with E-state index in [0.717, 1.165) is 33.5 Å². The summed E-state index contributed by atoms with van der Waals surface area (Å²) in [7, 11) is 1.63. The van der Waals surface area contributed by atoms with E-state index in [2.05, 4.69) is 15.3 Å². The standard InChI is InChI=1S/C26H21N5O3S/c1-14(2)31-12-21(29-30-31)17-8-9-18(22(10-17)34-3)15-4-6-16(7-5-15)20-13-35-26-23(20)24(32)19(11-27)25(33)28-26/h4-10,12-14H,1-3H3,(H2,28,32,33). The number of rotatable bonds is 5. The third-order valence-corrected chi connectivity index (χ3v) is 6.77. The summed E-state index contributed by atoms with van der Waals surface area (Å²) < 4.78 is 7.49. The maximum Gasteiger partial charge on any atom is 0.270 e. The molecule has 3 aromatic heterocycles. The molecule has 0 aliphatic carbocycles. The fourth-order valence-electron chi connectivity index (χ4n) is 3.98. The molecular weight excluding hydrogens is 462 g/mol. The Morgan fingerprint density at radius 3 is 2.43 bits per heavy atom. The third-order valence-electron chi connectivity index (χ3n) is 5.87. The van der Waals surface area contributed by atoms with Crippen molar-refractivity contribution in [1.82, 2.24) is 20.0 Å². The Hall–Kier alpha value is -4.42. The number of aromatic hydroxyl groups is 1. The highest BCUT2D eigenvalue weighted by molar-refractivity contribution is 7.17. The van der Waals surface area contributed by atoms with Crippen molar-refractivity contribution in [2.75, 3.05) is 7.11 Å². The number of H-pyrrole nitrogens is 1. The molecule has 0 saturated carbocycles. The average Bonchev–Trinajstić information content (AvgIpc) is 3.52. The SMILES string of the molecule is COc1cc(-c2cn(C(C)C)nn2)ccc1-c1ccc(-c2csc3[nH]c(=O)c(C#N)c(O)c23)cc1. The van der Waals surface area contributed by atoms with Gasteiger partial charge in [-0.15, -0.1) is 16.4 Å². The van der Waals surface area contributed by atoms with Gasteiger partial charge < -0.3 is 14.8 Å². The fourth-order valence-corrected chi connectivity index (χ4v) is 4.94. The van der Waals surface area contributed by atoms with Gasteiger partial charge in [-0.1, -0.05) is 35.5 Å². The number of methoxy groups -OCH3 is 1. The molecule has 2 aromatic carbocycles. The molecule has 0 unspecified atom stereocenters. The van der Waals surface area contributed by atoms with E-state index in [9.17, 15) is 15.2 Å². The molecule has 0 radical (unpaired) electrons. The van der Waals surface area contributed by atoms with Gasteiger partial charge in [-0.3, -0.25) is 4.79 Å². The van der Waals surface area contributed by atoms with Crippen LogP contribution in [0.5, 0.6) is 11.5 Å². The van der Waals surface area contributed by atoms with Crippen LogP contribution in [0.1, 0.15) is 25.5 Å². The van der Waals surface area contributed by atoms with Gasteiger partial charge in [0.25, 0.3) is 5.56 Å². The van der Waals surface area contributed by atoms with Gasteiger partial charge in [-0.2, -0.15) is 5.26 Å². The van der Waals surface area contributed by atoms with E-state index in [0.29, 0.717) is 16.0 Å².